The lowest BCUT2D eigenvalue weighted by Gasteiger charge is -2.29. The minimum atomic E-state index is -3.75. The average Bonchev–Trinajstić information content (AvgIpc) is 3.21. The largest absolute Gasteiger partial charge is 0.321 e. The number of thiophene rings is 1. The van der Waals surface area contributed by atoms with Crippen molar-refractivity contribution in [2.75, 3.05) is 0 Å². The molecule has 1 aromatic carbocycles. The minimum Gasteiger partial charge on any atom is -0.321 e. The van der Waals surface area contributed by atoms with Gasteiger partial charge in [0.25, 0.3) is 5.91 Å². The lowest BCUT2D eigenvalue weighted by Crippen LogP contribution is -2.52. The first-order chi connectivity index (χ1) is 14.2. The summed E-state index contributed by atoms with van der Waals surface area (Å²) in [7, 11) is -3.75. The molecule has 0 spiro atoms. The maximum Gasteiger partial charge on any atom is 0.265 e. The van der Waals surface area contributed by atoms with E-state index >= 15 is 0 Å². The van der Waals surface area contributed by atoms with Crippen LogP contribution < -0.4 is 10.0 Å². The average molecular weight is 468 g/mol. The quantitative estimate of drug-likeness (QED) is 0.652. The van der Waals surface area contributed by atoms with Gasteiger partial charge in [0.1, 0.15) is 6.04 Å². The Balaban J connectivity index is 1.44. The third-order valence-corrected chi connectivity index (χ3v) is 8.10. The number of piperidine rings is 1. The number of hydrogen-bond donors (Lipinski definition) is 2. The molecule has 2 aromatic rings. The number of amides is 3. The Morgan fingerprint density at radius 3 is 2.70 bits per heavy atom. The Morgan fingerprint density at radius 1 is 1.27 bits per heavy atom. The number of nitrogens with zero attached hydrogens (tertiary/aromatic N) is 1. The molecule has 158 valence electrons. The monoisotopic (exact) mass is 467 g/mol. The van der Waals surface area contributed by atoms with Crippen LogP contribution in [0.3, 0.4) is 0 Å². The fourth-order valence-corrected chi connectivity index (χ4v) is 5.91. The summed E-state index contributed by atoms with van der Waals surface area (Å²) in [5.41, 5.74) is 1.53. The predicted octanol–water partition coefficient (Wildman–Crippen LogP) is 1.95. The van der Waals surface area contributed by atoms with Crippen LogP contribution in [0.5, 0.6) is 0 Å². The summed E-state index contributed by atoms with van der Waals surface area (Å²) in [5, 5.41) is 2.63. The second-order valence-electron chi connectivity index (χ2n) is 7.20. The van der Waals surface area contributed by atoms with Crippen LogP contribution >= 0.6 is 22.9 Å². The SMILES string of the molecule is Cc1ccc(S(=O)(=O)NCc2cc3c(s2)C(=O)N(C2CCC(=O)NC2=O)C3)cc1Cl. The van der Waals surface area contributed by atoms with Crippen LogP contribution in [0.2, 0.25) is 5.02 Å². The van der Waals surface area contributed by atoms with Gasteiger partial charge in [-0.15, -0.1) is 11.3 Å². The summed E-state index contributed by atoms with van der Waals surface area (Å²) in [6.45, 7) is 2.09. The topological polar surface area (TPSA) is 113 Å². The Labute approximate surface area is 182 Å². The van der Waals surface area contributed by atoms with Crippen molar-refractivity contribution < 1.29 is 22.8 Å². The van der Waals surface area contributed by atoms with Gasteiger partial charge in [-0.25, -0.2) is 13.1 Å². The van der Waals surface area contributed by atoms with Crippen molar-refractivity contribution in [1.29, 1.82) is 0 Å². The van der Waals surface area contributed by atoms with Crippen LogP contribution in [-0.2, 0) is 32.7 Å². The Hall–Kier alpha value is -2.27. The van der Waals surface area contributed by atoms with Crippen LogP contribution in [0, 0.1) is 6.92 Å². The van der Waals surface area contributed by atoms with Gasteiger partial charge in [-0.2, -0.15) is 0 Å². The molecule has 0 bridgehead atoms. The number of sulfonamides is 1. The minimum absolute atomic E-state index is 0.0389. The van der Waals surface area contributed by atoms with Crippen molar-refractivity contribution in [2.45, 2.75) is 43.8 Å². The van der Waals surface area contributed by atoms with Crippen molar-refractivity contribution in [2.24, 2.45) is 0 Å². The van der Waals surface area contributed by atoms with E-state index in [2.05, 4.69) is 10.0 Å². The van der Waals surface area contributed by atoms with E-state index in [0.29, 0.717) is 21.2 Å². The number of rotatable bonds is 5. The molecule has 8 nitrogen and oxygen atoms in total. The molecule has 0 aliphatic carbocycles. The fourth-order valence-electron chi connectivity index (χ4n) is 3.48. The molecule has 1 atom stereocenters. The number of carbonyl (C=O) groups is 3. The number of benzene rings is 1. The van der Waals surface area contributed by atoms with Gasteiger partial charge in [-0.05, 0) is 42.7 Å². The fraction of sp³-hybridized carbons (Fsp3) is 0.316. The maximum atomic E-state index is 12.7. The third kappa shape index (κ3) is 3.87. The molecule has 1 aromatic heterocycles. The van der Waals surface area contributed by atoms with E-state index in [4.69, 9.17) is 11.6 Å². The summed E-state index contributed by atoms with van der Waals surface area (Å²) in [4.78, 5) is 38.9. The van der Waals surface area contributed by atoms with Gasteiger partial charge < -0.3 is 4.90 Å². The van der Waals surface area contributed by atoms with E-state index in [1.807, 2.05) is 0 Å². The molecular weight excluding hydrogens is 450 g/mol. The van der Waals surface area contributed by atoms with E-state index in [0.717, 1.165) is 11.1 Å². The molecule has 0 saturated carbocycles. The molecule has 2 aliphatic rings. The number of halogens is 1. The molecule has 2 aliphatic heterocycles. The first kappa shape index (κ1) is 21.0. The van der Waals surface area contributed by atoms with Gasteiger partial charge in [-0.1, -0.05) is 17.7 Å². The Morgan fingerprint density at radius 2 is 2.03 bits per heavy atom. The summed E-state index contributed by atoms with van der Waals surface area (Å²) < 4.78 is 27.6. The summed E-state index contributed by atoms with van der Waals surface area (Å²) in [6, 6.07) is 5.63. The number of fused-ring (bicyclic) bond motifs is 1. The zero-order valence-electron chi connectivity index (χ0n) is 15.9. The lowest BCUT2D eigenvalue weighted by molar-refractivity contribution is -0.136. The normalized spacial score (nSPS) is 19.2. The highest BCUT2D eigenvalue weighted by Gasteiger charge is 2.40. The van der Waals surface area contributed by atoms with Gasteiger partial charge >= 0.3 is 0 Å². The van der Waals surface area contributed by atoms with Crippen molar-refractivity contribution in [3.8, 4) is 0 Å². The second kappa shape index (κ2) is 7.77. The van der Waals surface area contributed by atoms with Crippen LogP contribution in [0.1, 0.15) is 38.5 Å². The number of imide groups is 1. The van der Waals surface area contributed by atoms with Gasteiger partial charge in [0, 0.05) is 29.4 Å². The molecule has 30 heavy (non-hydrogen) atoms. The van der Waals surface area contributed by atoms with Gasteiger partial charge in [0.15, 0.2) is 0 Å². The van der Waals surface area contributed by atoms with Crippen LogP contribution in [0.15, 0.2) is 29.2 Å². The third-order valence-electron chi connectivity index (χ3n) is 5.13. The number of nitrogens with one attached hydrogen (secondary N) is 2. The molecule has 1 saturated heterocycles. The molecular formula is C19H18ClN3O5S2. The van der Waals surface area contributed by atoms with Crippen molar-refractivity contribution in [1.82, 2.24) is 14.9 Å². The van der Waals surface area contributed by atoms with Crippen molar-refractivity contribution >= 4 is 50.7 Å². The van der Waals surface area contributed by atoms with Gasteiger partial charge in [0.05, 0.1) is 9.77 Å². The smallest absolute Gasteiger partial charge is 0.265 e. The molecule has 3 amide bonds. The molecule has 1 unspecified atom stereocenters. The van der Waals surface area contributed by atoms with Gasteiger partial charge in [0.2, 0.25) is 21.8 Å². The van der Waals surface area contributed by atoms with E-state index in [1.54, 1.807) is 19.1 Å². The summed E-state index contributed by atoms with van der Waals surface area (Å²) >= 11 is 7.22. The molecule has 4 rings (SSSR count). The van der Waals surface area contributed by atoms with E-state index in [9.17, 15) is 22.8 Å². The summed E-state index contributed by atoms with van der Waals surface area (Å²) in [5.74, 6) is -1.06. The van der Waals surface area contributed by atoms with Crippen LogP contribution in [0.4, 0.5) is 0 Å². The second-order valence-corrected chi connectivity index (χ2v) is 10.5. The van der Waals surface area contributed by atoms with E-state index in [1.165, 1.54) is 28.4 Å². The molecule has 1 fully saturated rings. The highest BCUT2D eigenvalue weighted by atomic mass is 35.5. The van der Waals surface area contributed by atoms with E-state index in [-0.39, 0.29) is 36.2 Å². The molecule has 3 heterocycles. The summed E-state index contributed by atoms with van der Waals surface area (Å²) in [6.07, 6.45) is 0.501. The van der Waals surface area contributed by atoms with Crippen molar-refractivity contribution in [3.63, 3.8) is 0 Å². The zero-order valence-corrected chi connectivity index (χ0v) is 18.3. The predicted molar refractivity (Wildman–Crippen MR) is 111 cm³/mol. The lowest BCUT2D eigenvalue weighted by atomic mass is 10.0. The Kier molecular flexibility index (Phi) is 5.43. The standard InChI is InChI=1S/C19H18ClN3O5S2/c1-10-2-3-13(7-14(10)20)30(27,28)21-8-12-6-11-9-23(19(26)17(11)29-12)15-4-5-16(24)22-18(15)25/h2-3,6-7,15,21H,4-5,8-9H2,1H3,(H,22,24,25). The molecule has 2 N–H and O–H groups in total. The highest BCUT2D eigenvalue weighted by Crippen LogP contribution is 2.33. The van der Waals surface area contributed by atoms with Crippen molar-refractivity contribution in [3.05, 3.63) is 50.2 Å². The molecule has 0 radical (unpaired) electrons. The maximum absolute atomic E-state index is 12.7. The van der Waals surface area contributed by atoms with Crippen LogP contribution in [0.25, 0.3) is 0 Å². The van der Waals surface area contributed by atoms with Crippen LogP contribution in [-0.4, -0.2) is 37.1 Å². The zero-order chi connectivity index (χ0) is 21.6. The van der Waals surface area contributed by atoms with Gasteiger partial charge in [-0.3, -0.25) is 19.7 Å². The number of carbonyl (C=O) groups excluding carboxylic acids is 3. The van der Waals surface area contributed by atoms with E-state index < -0.39 is 22.0 Å². The highest BCUT2D eigenvalue weighted by molar-refractivity contribution is 7.89. The first-order valence-electron chi connectivity index (χ1n) is 9.18. The number of hydrogen-bond acceptors (Lipinski definition) is 6. The Bertz CT molecular complexity index is 1170. The first-order valence-corrected chi connectivity index (χ1v) is 11.9. The number of aryl methyl sites for hydroxylation is 1. The molecule has 11 heteroatoms.